The van der Waals surface area contributed by atoms with Crippen molar-refractivity contribution >= 4 is 29.0 Å². The normalized spacial score (nSPS) is 11.2. The van der Waals surface area contributed by atoms with Crippen LogP contribution in [-0.2, 0) is 22.2 Å². The highest BCUT2D eigenvalue weighted by Crippen LogP contribution is 2.29. The van der Waals surface area contributed by atoms with Gasteiger partial charge in [-0.15, -0.1) is 11.3 Å². The van der Waals surface area contributed by atoms with Crippen molar-refractivity contribution in [2.75, 3.05) is 32.7 Å². The largest absolute Gasteiger partial charge is 0.464 e. The van der Waals surface area contributed by atoms with Gasteiger partial charge in [-0.3, -0.25) is 0 Å². The molecule has 2 amide bonds. The van der Waals surface area contributed by atoms with E-state index in [1.54, 1.807) is 0 Å². The molecule has 0 atom stereocenters. The fourth-order valence-electron chi connectivity index (χ4n) is 2.34. The highest BCUT2D eigenvalue weighted by atomic mass is 32.1. The van der Waals surface area contributed by atoms with E-state index in [2.05, 4.69) is 15.0 Å². The summed E-state index contributed by atoms with van der Waals surface area (Å²) < 4.78 is 47.6. The predicted octanol–water partition coefficient (Wildman–Crippen LogP) is 4.02. The molecule has 1 N–H and O–H groups in total. The number of esters is 1. The first-order chi connectivity index (χ1) is 13.7. The number of ether oxygens (including phenoxy) is 2. The number of benzene rings is 1. The molecule has 1 aromatic heterocycles. The molecule has 158 valence electrons. The average molecular weight is 431 g/mol. The summed E-state index contributed by atoms with van der Waals surface area (Å²) in [6.45, 7) is 0.876. The first-order valence-electron chi connectivity index (χ1n) is 8.49. The van der Waals surface area contributed by atoms with E-state index in [1.165, 1.54) is 48.0 Å². The van der Waals surface area contributed by atoms with Crippen molar-refractivity contribution in [2.24, 2.45) is 0 Å². The summed E-state index contributed by atoms with van der Waals surface area (Å²) in [5.74, 6) is -0.576. The summed E-state index contributed by atoms with van der Waals surface area (Å²) in [7, 11) is 2.78. The summed E-state index contributed by atoms with van der Waals surface area (Å²) in [4.78, 5) is 29.7. The minimum Gasteiger partial charge on any atom is -0.464 e. The van der Waals surface area contributed by atoms with E-state index in [0.717, 1.165) is 12.1 Å². The lowest BCUT2D eigenvalue weighted by Gasteiger charge is -2.22. The fourth-order valence-corrected chi connectivity index (χ4v) is 3.12. The van der Waals surface area contributed by atoms with Crippen molar-refractivity contribution in [1.82, 2.24) is 9.88 Å². The second-order valence-electron chi connectivity index (χ2n) is 5.89. The van der Waals surface area contributed by atoms with Gasteiger partial charge in [-0.25, -0.2) is 14.6 Å². The lowest BCUT2D eigenvalue weighted by Crippen LogP contribution is -2.35. The molecule has 0 aliphatic heterocycles. The summed E-state index contributed by atoms with van der Waals surface area (Å²) in [5.41, 5.74) is -0.424. The number of rotatable bonds is 8. The molecule has 0 spiro atoms. The van der Waals surface area contributed by atoms with E-state index in [9.17, 15) is 22.8 Å². The number of halogens is 3. The van der Waals surface area contributed by atoms with Crippen molar-refractivity contribution in [3.63, 3.8) is 0 Å². The van der Waals surface area contributed by atoms with Crippen molar-refractivity contribution in [2.45, 2.75) is 19.1 Å². The van der Waals surface area contributed by atoms with E-state index in [-0.39, 0.29) is 17.9 Å². The Morgan fingerprint density at radius 2 is 1.90 bits per heavy atom. The van der Waals surface area contributed by atoms with Crippen LogP contribution in [0.4, 0.5) is 23.7 Å². The second kappa shape index (κ2) is 10.2. The topological polar surface area (TPSA) is 80.8 Å². The maximum Gasteiger partial charge on any atom is 0.416 e. The third-order valence-electron chi connectivity index (χ3n) is 3.80. The van der Waals surface area contributed by atoms with Gasteiger partial charge in [0.1, 0.15) is 5.01 Å². The molecule has 1 aromatic carbocycles. The molecule has 0 aliphatic carbocycles. The number of hydrogen-bond acceptors (Lipinski definition) is 6. The number of urea groups is 1. The number of nitrogens with zero attached hydrogens (tertiary/aromatic N) is 2. The molecular formula is C18H20F3N3O4S. The Labute approximate surface area is 169 Å². The van der Waals surface area contributed by atoms with Gasteiger partial charge in [-0.05, 0) is 30.7 Å². The minimum absolute atomic E-state index is 0.123. The van der Waals surface area contributed by atoms with Crippen LogP contribution in [0.3, 0.4) is 0 Å². The highest BCUT2D eigenvalue weighted by molar-refractivity contribution is 7.09. The van der Waals surface area contributed by atoms with E-state index in [1.807, 2.05) is 0 Å². The SMILES string of the molecule is COCCCN(Cc1nc(C(=O)OC)cs1)C(=O)Nc1ccc(C(F)(F)F)cc1. The van der Waals surface area contributed by atoms with Gasteiger partial charge in [0.05, 0.1) is 19.2 Å². The molecule has 0 aliphatic rings. The van der Waals surface area contributed by atoms with Crippen LogP contribution in [0.5, 0.6) is 0 Å². The van der Waals surface area contributed by atoms with Crippen LogP contribution in [0.1, 0.15) is 27.5 Å². The third-order valence-corrected chi connectivity index (χ3v) is 4.63. The Balaban J connectivity index is 2.08. The summed E-state index contributed by atoms with van der Waals surface area (Å²) in [6.07, 6.45) is -3.90. The smallest absolute Gasteiger partial charge is 0.416 e. The number of alkyl halides is 3. The summed E-state index contributed by atoms with van der Waals surface area (Å²) in [6, 6.07) is 3.66. The van der Waals surface area contributed by atoms with E-state index in [4.69, 9.17) is 4.74 Å². The highest BCUT2D eigenvalue weighted by Gasteiger charge is 2.30. The third kappa shape index (κ3) is 6.71. The van der Waals surface area contributed by atoms with Crippen molar-refractivity contribution < 1.29 is 32.2 Å². The quantitative estimate of drug-likeness (QED) is 0.504. The zero-order valence-corrected chi connectivity index (χ0v) is 16.6. The molecule has 0 bridgehead atoms. The minimum atomic E-state index is -4.45. The molecule has 11 heteroatoms. The number of amides is 2. The predicted molar refractivity (Wildman–Crippen MR) is 101 cm³/mol. The van der Waals surface area contributed by atoms with Gasteiger partial charge in [0.2, 0.25) is 0 Å². The number of aromatic nitrogens is 1. The molecule has 29 heavy (non-hydrogen) atoms. The zero-order chi connectivity index (χ0) is 21.4. The van der Waals surface area contributed by atoms with Crippen LogP contribution in [0, 0.1) is 0 Å². The van der Waals surface area contributed by atoms with Crippen LogP contribution in [0.15, 0.2) is 29.6 Å². The summed E-state index contributed by atoms with van der Waals surface area (Å²) >= 11 is 1.20. The van der Waals surface area contributed by atoms with Gasteiger partial charge in [0, 0.05) is 31.3 Å². The Morgan fingerprint density at radius 1 is 1.21 bits per heavy atom. The molecular weight excluding hydrogens is 411 g/mol. The van der Waals surface area contributed by atoms with Gasteiger partial charge in [-0.2, -0.15) is 13.2 Å². The number of hydrogen-bond donors (Lipinski definition) is 1. The number of methoxy groups -OCH3 is 2. The number of carbonyl (C=O) groups is 2. The maximum absolute atomic E-state index is 12.7. The molecule has 2 rings (SSSR count). The van der Waals surface area contributed by atoms with Gasteiger partial charge in [-0.1, -0.05) is 0 Å². The second-order valence-corrected chi connectivity index (χ2v) is 6.83. The maximum atomic E-state index is 12.7. The van der Waals surface area contributed by atoms with E-state index < -0.39 is 23.7 Å². The van der Waals surface area contributed by atoms with Crippen LogP contribution in [-0.4, -0.2) is 49.3 Å². The molecule has 0 saturated carbocycles. The molecule has 0 saturated heterocycles. The number of thiazole rings is 1. The van der Waals surface area contributed by atoms with Crippen LogP contribution in [0.2, 0.25) is 0 Å². The fraction of sp³-hybridized carbons (Fsp3) is 0.389. The van der Waals surface area contributed by atoms with Crippen molar-refractivity contribution in [3.8, 4) is 0 Å². The molecule has 0 radical (unpaired) electrons. The first-order valence-corrected chi connectivity index (χ1v) is 9.37. The Kier molecular flexibility index (Phi) is 7.97. The molecule has 2 aromatic rings. The number of anilines is 1. The molecule has 1 heterocycles. The first kappa shape index (κ1) is 22.6. The van der Waals surface area contributed by atoms with Gasteiger partial charge >= 0.3 is 18.2 Å². The monoisotopic (exact) mass is 431 g/mol. The van der Waals surface area contributed by atoms with Crippen molar-refractivity contribution in [1.29, 1.82) is 0 Å². The van der Waals surface area contributed by atoms with E-state index in [0.29, 0.717) is 24.6 Å². The van der Waals surface area contributed by atoms with Gasteiger partial charge < -0.3 is 19.7 Å². The molecule has 7 nitrogen and oxygen atoms in total. The molecule has 0 unspecified atom stereocenters. The average Bonchev–Trinajstić information content (AvgIpc) is 3.15. The van der Waals surface area contributed by atoms with Gasteiger partial charge in [0.25, 0.3) is 0 Å². The Hall–Kier alpha value is -2.66. The van der Waals surface area contributed by atoms with Crippen LogP contribution < -0.4 is 5.32 Å². The Morgan fingerprint density at radius 3 is 2.48 bits per heavy atom. The molecule has 0 fully saturated rings. The van der Waals surface area contributed by atoms with Gasteiger partial charge in [0.15, 0.2) is 5.69 Å². The number of nitrogens with one attached hydrogen (secondary N) is 1. The lowest BCUT2D eigenvalue weighted by atomic mass is 10.2. The summed E-state index contributed by atoms with van der Waals surface area (Å²) in [5, 5.41) is 4.62. The van der Waals surface area contributed by atoms with E-state index >= 15 is 0 Å². The number of carbonyl (C=O) groups excluding carboxylic acids is 2. The zero-order valence-electron chi connectivity index (χ0n) is 15.8. The Bertz CT molecular complexity index is 825. The van der Waals surface area contributed by atoms with Crippen molar-refractivity contribution in [3.05, 3.63) is 45.9 Å². The van der Waals surface area contributed by atoms with Crippen LogP contribution >= 0.6 is 11.3 Å². The van der Waals surface area contributed by atoms with Crippen LogP contribution in [0.25, 0.3) is 0 Å². The standard InChI is InChI=1S/C18H20F3N3O4S/c1-27-9-3-8-24(10-15-23-14(11-29-15)16(25)28-2)17(26)22-13-6-4-12(5-7-13)18(19,20)21/h4-7,11H,3,8-10H2,1-2H3,(H,22,26). The lowest BCUT2D eigenvalue weighted by molar-refractivity contribution is -0.137.